The van der Waals surface area contributed by atoms with E-state index in [9.17, 15) is 9.59 Å². The third kappa shape index (κ3) is 4.06. The lowest BCUT2D eigenvalue weighted by molar-refractivity contribution is -0.122. The number of nitrogens with one attached hydrogen (secondary N) is 1. The van der Waals surface area contributed by atoms with Gasteiger partial charge >= 0.3 is 0 Å². The molecule has 3 N–H and O–H groups in total. The van der Waals surface area contributed by atoms with Crippen molar-refractivity contribution < 1.29 is 9.59 Å². The van der Waals surface area contributed by atoms with E-state index in [-0.39, 0.29) is 16.7 Å². The molecule has 0 fully saturated rings. The number of anilines is 1. The molecule has 0 bridgehead atoms. The minimum absolute atomic E-state index is 0.170. The molecule has 0 spiro atoms. The van der Waals surface area contributed by atoms with Crippen molar-refractivity contribution in [2.75, 3.05) is 11.6 Å². The lowest BCUT2D eigenvalue weighted by Gasteiger charge is -2.27. The molecular formula is C15H19Cl3N2O2. The molecule has 1 rings (SSSR count). The molecule has 0 aromatic heterocycles. The van der Waals surface area contributed by atoms with Gasteiger partial charge in [-0.25, -0.2) is 0 Å². The van der Waals surface area contributed by atoms with Crippen LogP contribution in [0.1, 0.15) is 48.5 Å². The van der Waals surface area contributed by atoms with Gasteiger partial charge < -0.3 is 11.1 Å². The number of nitrogens with two attached hydrogens (primary N) is 1. The Bertz CT molecular complexity index is 590. The fourth-order valence-electron chi connectivity index (χ4n) is 1.92. The van der Waals surface area contributed by atoms with Crippen LogP contribution in [0.25, 0.3) is 0 Å². The second kappa shape index (κ2) is 7.53. The molecule has 4 nitrogen and oxygen atoms in total. The summed E-state index contributed by atoms with van der Waals surface area (Å²) in [6.07, 6.45) is 0.422. The molecule has 22 heavy (non-hydrogen) atoms. The number of carbonyl (C=O) groups excluding carboxylic acids is 2. The summed E-state index contributed by atoms with van der Waals surface area (Å²) in [5.74, 6) is -0.849. The Balaban J connectivity index is 3.16. The first-order valence-electron chi connectivity index (χ1n) is 6.81. The third-order valence-corrected chi connectivity index (χ3v) is 4.48. The van der Waals surface area contributed by atoms with Gasteiger partial charge in [0.15, 0.2) is 5.78 Å². The van der Waals surface area contributed by atoms with E-state index in [1.807, 2.05) is 0 Å². The highest BCUT2D eigenvalue weighted by molar-refractivity contribution is 6.34. The quantitative estimate of drug-likeness (QED) is 0.592. The van der Waals surface area contributed by atoms with E-state index in [2.05, 4.69) is 5.32 Å². The van der Waals surface area contributed by atoms with E-state index in [0.717, 1.165) is 0 Å². The van der Waals surface area contributed by atoms with E-state index in [4.69, 9.17) is 40.5 Å². The second-order valence-electron chi connectivity index (χ2n) is 5.27. The monoisotopic (exact) mass is 364 g/mol. The van der Waals surface area contributed by atoms with Crippen molar-refractivity contribution >= 4 is 52.2 Å². The molecule has 0 radical (unpaired) electrons. The van der Waals surface area contributed by atoms with Crippen molar-refractivity contribution in [1.29, 1.82) is 0 Å². The van der Waals surface area contributed by atoms with Gasteiger partial charge in [0.2, 0.25) is 0 Å². The molecule has 1 aromatic carbocycles. The predicted octanol–water partition coefficient (Wildman–Crippen LogP) is 3.93. The number of amides is 1. The molecule has 0 aliphatic rings. The van der Waals surface area contributed by atoms with Gasteiger partial charge in [0.05, 0.1) is 27.5 Å². The average molecular weight is 366 g/mol. The summed E-state index contributed by atoms with van der Waals surface area (Å²) in [5, 5.41) is 2.56. The molecule has 1 aromatic rings. The Morgan fingerprint density at radius 3 is 2.45 bits per heavy atom. The normalized spacial score (nSPS) is 15.0. The molecule has 2 unspecified atom stereocenters. The molecule has 1 amide bonds. The van der Waals surface area contributed by atoms with Crippen molar-refractivity contribution in [3.05, 3.63) is 28.3 Å². The minimum atomic E-state index is -1.03. The second-order valence-corrected chi connectivity index (χ2v) is 6.60. The lowest BCUT2D eigenvalue weighted by Crippen LogP contribution is -2.52. The summed E-state index contributed by atoms with van der Waals surface area (Å²) in [5.41, 5.74) is 6.04. The summed E-state index contributed by atoms with van der Waals surface area (Å²) in [4.78, 5) is 24.3. The van der Waals surface area contributed by atoms with E-state index in [0.29, 0.717) is 23.2 Å². The van der Waals surface area contributed by atoms with Crippen LogP contribution in [0.4, 0.5) is 5.69 Å². The maximum Gasteiger partial charge on any atom is 0.252 e. The number of benzene rings is 1. The number of hydrogen-bond donors (Lipinski definition) is 2. The molecule has 122 valence electrons. The van der Waals surface area contributed by atoms with Gasteiger partial charge in [0.25, 0.3) is 5.91 Å². The fraction of sp³-hybridized carbons (Fsp3) is 0.467. The first-order valence-corrected chi connectivity index (χ1v) is 8.16. The van der Waals surface area contributed by atoms with Crippen LogP contribution in [0, 0.1) is 0 Å². The summed E-state index contributed by atoms with van der Waals surface area (Å²) in [7, 11) is 0. The molecule has 0 saturated heterocycles. The minimum Gasteiger partial charge on any atom is -0.397 e. The largest absolute Gasteiger partial charge is 0.397 e. The van der Waals surface area contributed by atoms with Crippen molar-refractivity contribution in [2.45, 2.75) is 38.1 Å². The maximum absolute atomic E-state index is 12.4. The highest BCUT2D eigenvalue weighted by atomic mass is 35.5. The third-order valence-electron chi connectivity index (χ3n) is 3.69. The van der Waals surface area contributed by atoms with Gasteiger partial charge in [0, 0.05) is 5.56 Å². The zero-order valence-electron chi connectivity index (χ0n) is 12.7. The molecule has 0 aliphatic carbocycles. The van der Waals surface area contributed by atoms with Crippen molar-refractivity contribution in [3.8, 4) is 0 Å². The Morgan fingerprint density at radius 2 is 2.00 bits per heavy atom. The van der Waals surface area contributed by atoms with Crippen LogP contribution >= 0.6 is 34.8 Å². The maximum atomic E-state index is 12.4. The lowest BCUT2D eigenvalue weighted by atomic mass is 9.93. The number of ketones is 1. The molecule has 0 heterocycles. The van der Waals surface area contributed by atoms with E-state index < -0.39 is 16.8 Å². The summed E-state index contributed by atoms with van der Waals surface area (Å²) in [6.45, 7) is 5.17. The Kier molecular flexibility index (Phi) is 6.53. The number of hydrogen-bond acceptors (Lipinski definition) is 3. The van der Waals surface area contributed by atoms with E-state index in [1.54, 1.807) is 26.8 Å². The van der Waals surface area contributed by atoms with Gasteiger partial charge in [-0.2, -0.15) is 0 Å². The van der Waals surface area contributed by atoms with Crippen molar-refractivity contribution in [2.24, 2.45) is 0 Å². The molecular weight excluding hydrogens is 347 g/mol. The van der Waals surface area contributed by atoms with Crippen LogP contribution in [-0.2, 0) is 4.79 Å². The van der Waals surface area contributed by atoms with Crippen LogP contribution in [0.3, 0.4) is 0 Å². The van der Waals surface area contributed by atoms with E-state index >= 15 is 0 Å². The van der Waals surface area contributed by atoms with Gasteiger partial charge in [-0.15, -0.1) is 23.2 Å². The molecule has 7 heteroatoms. The van der Waals surface area contributed by atoms with Crippen LogP contribution in [-0.4, -0.2) is 23.1 Å². The van der Waals surface area contributed by atoms with Gasteiger partial charge in [-0.05, 0) is 38.0 Å². The first kappa shape index (κ1) is 19.1. The summed E-state index contributed by atoms with van der Waals surface area (Å²) >= 11 is 17.7. The Morgan fingerprint density at radius 1 is 1.41 bits per heavy atom. The highest BCUT2D eigenvalue weighted by Crippen LogP contribution is 2.32. The summed E-state index contributed by atoms with van der Waals surface area (Å²) in [6, 6.07) is 3.03. The smallest absolute Gasteiger partial charge is 0.252 e. The van der Waals surface area contributed by atoms with Gasteiger partial charge in [-0.3, -0.25) is 9.59 Å². The van der Waals surface area contributed by atoms with Gasteiger partial charge in [-0.1, -0.05) is 18.5 Å². The fourth-order valence-corrected chi connectivity index (χ4v) is 2.63. The predicted molar refractivity (Wildman–Crippen MR) is 92.0 cm³/mol. The van der Waals surface area contributed by atoms with Gasteiger partial charge in [0.1, 0.15) is 0 Å². The molecule has 2 atom stereocenters. The highest BCUT2D eigenvalue weighted by Gasteiger charge is 2.32. The Labute approximate surface area is 145 Å². The number of carbonyl (C=O) groups is 2. The van der Waals surface area contributed by atoms with Crippen molar-refractivity contribution in [3.63, 3.8) is 0 Å². The standard InChI is InChI=1S/C15H19Cl3N2O2/c1-4-15(3,12(21)7-16)20-14(22)9-5-10(8(2)17)13(19)11(18)6-9/h5-6,8H,4,7,19H2,1-3H3,(H,20,22). The number of Topliss-reactive ketones (excluding diaryl/α,β-unsaturated/α-hetero) is 1. The topological polar surface area (TPSA) is 72.2 Å². The zero-order valence-corrected chi connectivity index (χ0v) is 14.9. The Hall–Kier alpha value is -0.970. The first-order chi connectivity index (χ1) is 10.2. The van der Waals surface area contributed by atoms with Crippen molar-refractivity contribution in [1.82, 2.24) is 5.32 Å². The van der Waals surface area contributed by atoms with Crippen LogP contribution in [0.5, 0.6) is 0 Å². The van der Waals surface area contributed by atoms with E-state index in [1.165, 1.54) is 6.07 Å². The SMILES string of the molecule is CCC(C)(NC(=O)c1cc(Cl)c(N)c(C(C)Cl)c1)C(=O)CCl. The van der Waals surface area contributed by atoms with Crippen LogP contribution < -0.4 is 11.1 Å². The van der Waals surface area contributed by atoms with Crippen LogP contribution in [0.2, 0.25) is 5.02 Å². The number of nitrogen functional groups attached to an aromatic ring is 1. The average Bonchev–Trinajstić information content (AvgIpc) is 2.48. The molecule has 0 aliphatic heterocycles. The van der Waals surface area contributed by atoms with Crippen LogP contribution in [0.15, 0.2) is 12.1 Å². The number of alkyl halides is 2. The zero-order chi connectivity index (χ0) is 17.1. The number of halogens is 3. The number of rotatable bonds is 6. The molecule has 0 saturated carbocycles. The summed E-state index contributed by atoms with van der Waals surface area (Å²) < 4.78 is 0.